The van der Waals surface area contributed by atoms with Crippen molar-refractivity contribution in [1.29, 1.82) is 0 Å². The van der Waals surface area contributed by atoms with Gasteiger partial charge in [-0.15, -0.1) is 0 Å². The topological polar surface area (TPSA) is 20.2 Å². The van der Waals surface area contributed by atoms with Gasteiger partial charge in [0.2, 0.25) is 0 Å². The van der Waals surface area contributed by atoms with Crippen LogP contribution >= 0.6 is 11.6 Å². The van der Waals surface area contributed by atoms with Crippen molar-refractivity contribution in [2.75, 3.05) is 0 Å². The summed E-state index contributed by atoms with van der Waals surface area (Å²) in [7, 11) is 0. The third kappa shape index (κ3) is 2.92. The molecule has 18 heavy (non-hydrogen) atoms. The second kappa shape index (κ2) is 5.55. The lowest BCUT2D eigenvalue weighted by Gasteiger charge is -2.27. The first-order valence-electron chi connectivity index (χ1n) is 6.16. The van der Waals surface area contributed by atoms with Gasteiger partial charge >= 0.3 is 0 Å². The molecule has 0 spiro atoms. The van der Waals surface area contributed by atoms with E-state index in [4.69, 9.17) is 11.6 Å². The van der Waals surface area contributed by atoms with E-state index in [0.29, 0.717) is 17.9 Å². The van der Waals surface area contributed by atoms with E-state index in [-0.39, 0.29) is 0 Å². The molecule has 0 fully saturated rings. The second-order valence-corrected chi connectivity index (χ2v) is 4.99. The van der Waals surface area contributed by atoms with Gasteiger partial charge in [0.15, 0.2) is 0 Å². The van der Waals surface area contributed by atoms with Crippen molar-refractivity contribution in [2.45, 2.75) is 25.4 Å². The normalized spacial score (nSPS) is 14.2. The van der Waals surface area contributed by atoms with E-state index in [1.54, 1.807) is 0 Å². The molecule has 0 bridgehead atoms. The molecular formula is C16H17ClO. The molecule has 2 aromatic carbocycles. The predicted octanol–water partition coefficient (Wildman–Crippen LogP) is 4.18. The van der Waals surface area contributed by atoms with Crippen molar-refractivity contribution < 1.29 is 5.11 Å². The largest absolute Gasteiger partial charge is 0.385 e. The maximum absolute atomic E-state index is 10.8. The highest BCUT2D eigenvalue weighted by atomic mass is 35.5. The molecule has 2 heteroatoms. The molecule has 0 amide bonds. The highest BCUT2D eigenvalue weighted by Crippen LogP contribution is 2.29. The fraction of sp³-hybridized carbons (Fsp3) is 0.250. The molecule has 1 N–H and O–H groups in total. The van der Waals surface area contributed by atoms with Gasteiger partial charge in [0, 0.05) is 11.4 Å². The molecule has 1 atom stereocenters. The van der Waals surface area contributed by atoms with E-state index >= 15 is 0 Å². The van der Waals surface area contributed by atoms with Crippen LogP contribution in [0, 0.1) is 0 Å². The van der Waals surface area contributed by atoms with Crippen molar-refractivity contribution in [2.24, 2.45) is 0 Å². The van der Waals surface area contributed by atoms with Crippen molar-refractivity contribution in [1.82, 2.24) is 0 Å². The number of halogens is 1. The maximum Gasteiger partial charge on any atom is 0.0934 e. The smallest absolute Gasteiger partial charge is 0.0934 e. The zero-order valence-corrected chi connectivity index (χ0v) is 11.2. The van der Waals surface area contributed by atoms with Crippen LogP contribution in [0.1, 0.15) is 24.5 Å². The fourth-order valence-electron chi connectivity index (χ4n) is 2.16. The summed E-state index contributed by atoms with van der Waals surface area (Å²) in [5.74, 6) is 0. The Balaban J connectivity index is 2.29. The molecule has 94 valence electrons. The summed E-state index contributed by atoms with van der Waals surface area (Å²) >= 11 is 5.98. The summed E-state index contributed by atoms with van der Waals surface area (Å²) < 4.78 is 0. The molecule has 2 rings (SSSR count). The van der Waals surface area contributed by atoms with Gasteiger partial charge in [-0.1, -0.05) is 61.0 Å². The first-order valence-corrected chi connectivity index (χ1v) is 6.54. The van der Waals surface area contributed by atoms with Crippen LogP contribution < -0.4 is 0 Å². The van der Waals surface area contributed by atoms with Gasteiger partial charge in [-0.3, -0.25) is 0 Å². The van der Waals surface area contributed by atoms with Crippen LogP contribution in [0.5, 0.6) is 0 Å². The second-order valence-electron chi connectivity index (χ2n) is 4.56. The van der Waals surface area contributed by atoms with Gasteiger partial charge in [-0.2, -0.15) is 0 Å². The molecule has 0 saturated heterocycles. The zero-order chi connectivity index (χ0) is 13.0. The van der Waals surface area contributed by atoms with Crippen LogP contribution in [-0.4, -0.2) is 5.11 Å². The quantitative estimate of drug-likeness (QED) is 0.874. The lowest BCUT2D eigenvalue weighted by Crippen LogP contribution is -2.27. The van der Waals surface area contributed by atoms with Crippen molar-refractivity contribution in [3.8, 4) is 0 Å². The Bertz CT molecular complexity index is 510. The fourth-order valence-corrected chi connectivity index (χ4v) is 2.38. The van der Waals surface area contributed by atoms with Gasteiger partial charge < -0.3 is 5.11 Å². The van der Waals surface area contributed by atoms with Crippen molar-refractivity contribution >= 4 is 11.6 Å². The molecule has 0 radical (unpaired) electrons. The minimum absolute atomic E-state index is 0.577. The number of aliphatic hydroxyl groups is 1. The molecule has 0 aromatic heterocycles. The van der Waals surface area contributed by atoms with E-state index in [0.717, 1.165) is 11.1 Å². The van der Waals surface area contributed by atoms with Gasteiger partial charge in [-0.05, 0) is 29.7 Å². The summed E-state index contributed by atoms with van der Waals surface area (Å²) in [5, 5.41) is 11.5. The third-order valence-corrected chi connectivity index (χ3v) is 3.52. The van der Waals surface area contributed by atoms with Gasteiger partial charge in [0.1, 0.15) is 0 Å². The molecular weight excluding hydrogens is 244 g/mol. The Morgan fingerprint density at radius 2 is 1.78 bits per heavy atom. The zero-order valence-electron chi connectivity index (χ0n) is 10.4. The standard InChI is InChI=1S/C16H17ClO/c1-2-16(18,14-8-4-3-5-9-14)12-13-7-6-10-15(17)11-13/h3-11,18H,2,12H2,1H3. The Kier molecular flexibility index (Phi) is 4.05. The highest BCUT2D eigenvalue weighted by Gasteiger charge is 2.27. The van der Waals surface area contributed by atoms with Gasteiger partial charge in [-0.25, -0.2) is 0 Å². The van der Waals surface area contributed by atoms with Crippen molar-refractivity contribution in [3.05, 3.63) is 70.7 Å². The first-order chi connectivity index (χ1) is 8.64. The summed E-state index contributed by atoms with van der Waals surface area (Å²) in [6, 6.07) is 17.5. The lowest BCUT2D eigenvalue weighted by atomic mass is 9.85. The van der Waals surface area contributed by atoms with Crippen LogP contribution in [0.2, 0.25) is 5.02 Å². The maximum atomic E-state index is 10.8. The Hall–Kier alpha value is -1.31. The van der Waals surface area contributed by atoms with Crippen LogP contribution in [0.3, 0.4) is 0 Å². The monoisotopic (exact) mass is 260 g/mol. The van der Waals surface area contributed by atoms with Crippen LogP contribution in [0.15, 0.2) is 54.6 Å². The van der Waals surface area contributed by atoms with Crippen LogP contribution in [0.4, 0.5) is 0 Å². The number of hydrogen-bond donors (Lipinski definition) is 1. The summed E-state index contributed by atoms with van der Waals surface area (Å²) in [4.78, 5) is 0. The first kappa shape index (κ1) is 13.1. The Morgan fingerprint density at radius 1 is 1.06 bits per heavy atom. The van der Waals surface area contributed by atoms with E-state index in [2.05, 4.69) is 0 Å². The van der Waals surface area contributed by atoms with Gasteiger partial charge in [0.05, 0.1) is 5.60 Å². The SMILES string of the molecule is CCC(O)(Cc1cccc(Cl)c1)c1ccccc1. The highest BCUT2D eigenvalue weighted by molar-refractivity contribution is 6.30. The van der Waals surface area contributed by atoms with E-state index in [1.807, 2.05) is 61.5 Å². The summed E-state index contributed by atoms with van der Waals surface area (Å²) in [6.45, 7) is 2.00. The molecule has 0 aliphatic carbocycles. The van der Waals surface area contributed by atoms with Crippen LogP contribution in [0.25, 0.3) is 0 Å². The predicted molar refractivity (Wildman–Crippen MR) is 75.8 cm³/mol. The Labute approximate surface area is 113 Å². The average molecular weight is 261 g/mol. The van der Waals surface area contributed by atoms with E-state index in [1.165, 1.54) is 0 Å². The van der Waals surface area contributed by atoms with Gasteiger partial charge in [0.25, 0.3) is 0 Å². The molecule has 1 unspecified atom stereocenters. The number of rotatable bonds is 4. The minimum Gasteiger partial charge on any atom is -0.385 e. The molecule has 0 heterocycles. The molecule has 0 saturated carbocycles. The van der Waals surface area contributed by atoms with Crippen LogP contribution in [-0.2, 0) is 12.0 Å². The lowest BCUT2D eigenvalue weighted by molar-refractivity contribution is 0.0327. The average Bonchev–Trinajstić information content (AvgIpc) is 2.39. The van der Waals surface area contributed by atoms with E-state index < -0.39 is 5.60 Å². The van der Waals surface area contributed by atoms with E-state index in [9.17, 15) is 5.11 Å². The number of benzene rings is 2. The molecule has 0 aliphatic rings. The molecule has 0 aliphatic heterocycles. The third-order valence-electron chi connectivity index (χ3n) is 3.28. The minimum atomic E-state index is -0.827. The Morgan fingerprint density at radius 3 is 2.39 bits per heavy atom. The summed E-state index contributed by atoms with van der Waals surface area (Å²) in [6.07, 6.45) is 1.25. The van der Waals surface area contributed by atoms with Crippen molar-refractivity contribution in [3.63, 3.8) is 0 Å². The molecule has 2 aromatic rings. The number of hydrogen-bond acceptors (Lipinski definition) is 1. The summed E-state index contributed by atoms with van der Waals surface area (Å²) in [5.41, 5.74) is 1.18. The molecule has 1 nitrogen and oxygen atoms in total.